The fourth-order valence-corrected chi connectivity index (χ4v) is 2.17. The molecule has 0 aliphatic heterocycles. The number of rotatable bonds is 2. The summed E-state index contributed by atoms with van der Waals surface area (Å²) in [7, 11) is 0. The first-order valence-corrected chi connectivity index (χ1v) is 5.86. The molecule has 0 atom stereocenters. The molecular weight excluding hydrogens is 292 g/mol. The number of alkyl halides is 3. The van der Waals surface area contributed by atoms with Gasteiger partial charge in [-0.3, -0.25) is 0 Å². The second-order valence-corrected chi connectivity index (χ2v) is 4.61. The van der Waals surface area contributed by atoms with Crippen LogP contribution in [0.2, 0.25) is 5.02 Å². The standard InChI is InChI=1S/C10H5ClF4N2S/c11-5-1-6(12)3-7(2-5)16-9-17-8(4-18-9)10(13,14)15/h1-4H,(H,16,17). The molecule has 1 aromatic heterocycles. The number of anilines is 2. The minimum atomic E-state index is -4.49. The van der Waals surface area contributed by atoms with Gasteiger partial charge in [-0.1, -0.05) is 11.6 Å². The Morgan fingerprint density at radius 2 is 1.94 bits per heavy atom. The Kier molecular flexibility index (Phi) is 3.45. The Balaban J connectivity index is 2.21. The number of aromatic nitrogens is 1. The average Bonchev–Trinajstić information content (AvgIpc) is 2.63. The van der Waals surface area contributed by atoms with E-state index in [2.05, 4.69) is 10.3 Å². The number of benzene rings is 1. The van der Waals surface area contributed by atoms with Gasteiger partial charge in [0.25, 0.3) is 0 Å². The van der Waals surface area contributed by atoms with Crippen LogP contribution in [0.15, 0.2) is 23.6 Å². The molecule has 2 rings (SSSR count). The van der Waals surface area contributed by atoms with Crippen LogP contribution >= 0.6 is 22.9 Å². The third-order valence-electron chi connectivity index (χ3n) is 1.91. The molecule has 8 heteroatoms. The van der Waals surface area contributed by atoms with Gasteiger partial charge in [-0.05, 0) is 18.2 Å². The first kappa shape index (κ1) is 13.1. The van der Waals surface area contributed by atoms with E-state index in [-0.39, 0.29) is 15.8 Å². The Bertz CT molecular complexity index is 547. The van der Waals surface area contributed by atoms with Crippen LogP contribution in [0.1, 0.15) is 5.69 Å². The fraction of sp³-hybridized carbons (Fsp3) is 0.100. The van der Waals surface area contributed by atoms with Gasteiger partial charge in [0.1, 0.15) is 5.82 Å². The van der Waals surface area contributed by atoms with Gasteiger partial charge in [0.15, 0.2) is 10.8 Å². The maximum Gasteiger partial charge on any atom is 0.434 e. The zero-order valence-electron chi connectivity index (χ0n) is 8.55. The van der Waals surface area contributed by atoms with E-state index in [1.807, 2.05) is 0 Å². The van der Waals surface area contributed by atoms with Crippen molar-refractivity contribution in [1.82, 2.24) is 4.98 Å². The summed E-state index contributed by atoms with van der Waals surface area (Å²) < 4.78 is 49.9. The van der Waals surface area contributed by atoms with Gasteiger partial charge in [0, 0.05) is 16.1 Å². The lowest BCUT2D eigenvalue weighted by molar-refractivity contribution is -0.140. The van der Waals surface area contributed by atoms with Gasteiger partial charge in [-0.2, -0.15) is 13.2 Å². The van der Waals surface area contributed by atoms with Crippen LogP contribution < -0.4 is 5.32 Å². The molecular formula is C10H5ClF4N2S. The van der Waals surface area contributed by atoms with Crippen LogP contribution in [-0.2, 0) is 6.18 Å². The Labute approximate surface area is 108 Å². The highest BCUT2D eigenvalue weighted by Crippen LogP contribution is 2.33. The molecule has 0 saturated carbocycles. The molecule has 2 aromatic rings. The molecule has 0 bridgehead atoms. The summed E-state index contributed by atoms with van der Waals surface area (Å²) >= 11 is 6.39. The molecule has 96 valence electrons. The van der Waals surface area contributed by atoms with Crippen molar-refractivity contribution in [3.63, 3.8) is 0 Å². The molecule has 1 N–H and O–H groups in total. The van der Waals surface area contributed by atoms with Crippen molar-refractivity contribution in [3.05, 3.63) is 40.1 Å². The molecule has 0 aliphatic rings. The van der Waals surface area contributed by atoms with Crippen molar-refractivity contribution in [2.24, 2.45) is 0 Å². The molecule has 0 spiro atoms. The highest BCUT2D eigenvalue weighted by molar-refractivity contribution is 7.13. The van der Waals surface area contributed by atoms with Crippen molar-refractivity contribution in [3.8, 4) is 0 Å². The van der Waals surface area contributed by atoms with Crippen molar-refractivity contribution in [2.75, 3.05) is 5.32 Å². The second kappa shape index (κ2) is 4.74. The highest BCUT2D eigenvalue weighted by atomic mass is 35.5. The molecule has 0 saturated heterocycles. The number of nitrogens with one attached hydrogen (secondary N) is 1. The summed E-state index contributed by atoms with van der Waals surface area (Å²) in [5, 5.41) is 3.60. The highest BCUT2D eigenvalue weighted by Gasteiger charge is 2.33. The van der Waals surface area contributed by atoms with E-state index >= 15 is 0 Å². The quantitative estimate of drug-likeness (QED) is 0.813. The number of halogens is 5. The zero-order valence-corrected chi connectivity index (χ0v) is 10.1. The summed E-state index contributed by atoms with van der Waals surface area (Å²) in [6.07, 6.45) is -4.49. The Hall–Kier alpha value is -1.34. The molecule has 0 radical (unpaired) electrons. The van der Waals surface area contributed by atoms with Crippen molar-refractivity contribution in [1.29, 1.82) is 0 Å². The molecule has 2 nitrogen and oxygen atoms in total. The predicted octanol–water partition coefficient (Wildman–Crippen LogP) is 4.70. The molecule has 0 aliphatic carbocycles. The smallest absolute Gasteiger partial charge is 0.331 e. The van der Waals surface area contributed by atoms with Gasteiger partial charge in [-0.25, -0.2) is 9.37 Å². The van der Waals surface area contributed by atoms with E-state index < -0.39 is 17.7 Å². The van der Waals surface area contributed by atoms with Crippen LogP contribution in [0.3, 0.4) is 0 Å². The number of hydrogen-bond donors (Lipinski definition) is 1. The molecule has 1 heterocycles. The topological polar surface area (TPSA) is 24.9 Å². The van der Waals surface area contributed by atoms with Crippen molar-refractivity contribution in [2.45, 2.75) is 6.18 Å². The van der Waals surface area contributed by atoms with Crippen molar-refractivity contribution < 1.29 is 17.6 Å². The van der Waals surface area contributed by atoms with E-state index in [1.165, 1.54) is 6.07 Å². The lowest BCUT2D eigenvalue weighted by Gasteiger charge is -2.04. The molecule has 1 aromatic carbocycles. The van der Waals surface area contributed by atoms with E-state index in [1.54, 1.807) is 0 Å². The lowest BCUT2D eigenvalue weighted by atomic mass is 10.3. The third-order valence-corrected chi connectivity index (χ3v) is 2.88. The minimum absolute atomic E-state index is 0.0176. The summed E-state index contributed by atoms with van der Waals surface area (Å²) in [4.78, 5) is 3.35. The van der Waals surface area contributed by atoms with Crippen LogP contribution in [0.5, 0.6) is 0 Å². The largest absolute Gasteiger partial charge is 0.434 e. The van der Waals surface area contributed by atoms with Gasteiger partial charge in [-0.15, -0.1) is 11.3 Å². The molecule has 0 fully saturated rings. The Morgan fingerprint density at radius 1 is 1.22 bits per heavy atom. The molecule has 18 heavy (non-hydrogen) atoms. The monoisotopic (exact) mass is 296 g/mol. The number of nitrogens with zero attached hydrogens (tertiary/aromatic N) is 1. The first-order valence-electron chi connectivity index (χ1n) is 4.60. The minimum Gasteiger partial charge on any atom is -0.331 e. The number of hydrogen-bond acceptors (Lipinski definition) is 3. The zero-order chi connectivity index (χ0) is 13.3. The summed E-state index contributed by atoms with van der Waals surface area (Å²) in [6, 6.07) is 3.59. The fourth-order valence-electron chi connectivity index (χ4n) is 1.21. The first-order chi connectivity index (χ1) is 8.34. The maximum absolute atomic E-state index is 13.0. The van der Waals surface area contributed by atoms with Gasteiger partial charge >= 0.3 is 6.18 Å². The summed E-state index contributed by atoms with van der Waals surface area (Å²) in [5.41, 5.74) is -0.749. The average molecular weight is 297 g/mol. The van der Waals surface area contributed by atoms with E-state index in [0.29, 0.717) is 0 Å². The third kappa shape index (κ3) is 3.11. The second-order valence-electron chi connectivity index (χ2n) is 3.32. The normalized spacial score (nSPS) is 11.6. The van der Waals surface area contributed by atoms with Crippen LogP contribution in [0.4, 0.5) is 28.4 Å². The van der Waals surface area contributed by atoms with Gasteiger partial charge in [0.05, 0.1) is 0 Å². The summed E-state index contributed by atoms with van der Waals surface area (Å²) in [6.45, 7) is 0. The van der Waals surface area contributed by atoms with Crippen LogP contribution in [0.25, 0.3) is 0 Å². The molecule has 0 unspecified atom stereocenters. The van der Waals surface area contributed by atoms with Crippen LogP contribution in [0, 0.1) is 5.82 Å². The van der Waals surface area contributed by atoms with Gasteiger partial charge < -0.3 is 5.32 Å². The molecule has 0 amide bonds. The van der Waals surface area contributed by atoms with Gasteiger partial charge in [0.2, 0.25) is 0 Å². The lowest BCUT2D eigenvalue weighted by Crippen LogP contribution is -2.05. The van der Waals surface area contributed by atoms with E-state index in [0.717, 1.165) is 28.8 Å². The maximum atomic E-state index is 13.0. The SMILES string of the molecule is Fc1cc(Cl)cc(Nc2nc(C(F)(F)F)cs2)c1. The van der Waals surface area contributed by atoms with E-state index in [4.69, 9.17) is 11.6 Å². The predicted molar refractivity (Wildman–Crippen MR) is 61.8 cm³/mol. The van der Waals surface area contributed by atoms with Crippen LogP contribution in [-0.4, -0.2) is 4.98 Å². The summed E-state index contributed by atoms with van der Waals surface area (Å²) in [5.74, 6) is -0.586. The number of thiazole rings is 1. The Morgan fingerprint density at radius 3 is 2.50 bits per heavy atom. The van der Waals surface area contributed by atoms with Crippen molar-refractivity contribution >= 4 is 33.8 Å². The van der Waals surface area contributed by atoms with E-state index in [9.17, 15) is 17.6 Å².